The number of hydrogen-bond donors (Lipinski definition) is 0. The molecule has 0 heterocycles. The molecule has 0 rings (SSSR count). The summed E-state index contributed by atoms with van der Waals surface area (Å²) in [6.07, 6.45) is 3.91. The summed E-state index contributed by atoms with van der Waals surface area (Å²) in [7, 11) is 0. The summed E-state index contributed by atoms with van der Waals surface area (Å²) in [4.78, 5) is 22.5. The third-order valence-corrected chi connectivity index (χ3v) is 2.80. The van der Waals surface area contributed by atoms with Crippen molar-refractivity contribution in [2.75, 3.05) is 13.2 Å². The molecular weight excluding hydrogens is 232 g/mol. The van der Waals surface area contributed by atoms with Gasteiger partial charge in [-0.3, -0.25) is 9.59 Å². The molecule has 0 aliphatic rings. The van der Waals surface area contributed by atoms with E-state index in [-0.39, 0.29) is 11.9 Å². The van der Waals surface area contributed by atoms with E-state index in [4.69, 9.17) is 9.47 Å². The minimum atomic E-state index is -0.232. The highest BCUT2D eigenvalue weighted by Crippen LogP contribution is 2.07. The van der Waals surface area contributed by atoms with Crippen molar-refractivity contribution < 1.29 is 19.1 Å². The first-order chi connectivity index (χ1) is 8.60. The van der Waals surface area contributed by atoms with Gasteiger partial charge in [-0.2, -0.15) is 0 Å². The molecule has 4 nitrogen and oxygen atoms in total. The molecule has 0 radical (unpaired) electrons. The van der Waals surface area contributed by atoms with Crippen LogP contribution >= 0.6 is 0 Å². The molecule has 0 spiro atoms. The molecule has 0 amide bonds. The Morgan fingerprint density at radius 2 is 1.56 bits per heavy atom. The Morgan fingerprint density at radius 1 is 1.00 bits per heavy atom. The third-order valence-electron chi connectivity index (χ3n) is 2.80. The summed E-state index contributed by atoms with van der Waals surface area (Å²) in [6.45, 7) is 7.14. The Kier molecular flexibility index (Phi) is 10.4. The number of ether oxygens (including phenoxy) is 2. The van der Waals surface area contributed by atoms with Crippen LogP contribution in [0.4, 0.5) is 0 Å². The van der Waals surface area contributed by atoms with Crippen molar-refractivity contribution in [3.8, 4) is 0 Å². The van der Waals surface area contributed by atoms with E-state index < -0.39 is 0 Å². The summed E-state index contributed by atoms with van der Waals surface area (Å²) >= 11 is 0. The molecule has 106 valence electrons. The lowest BCUT2D eigenvalue weighted by Gasteiger charge is -2.08. The second-order valence-corrected chi connectivity index (χ2v) is 4.60. The van der Waals surface area contributed by atoms with Crippen molar-refractivity contribution in [3.05, 3.63) is 0 Å². The summed E-state index contributed by atoms with van der Waals surface area (Å²) in [5.41, 5.74) is 0. The highest BCUT2D eigenvalue weighted by molar-refractivity contribution is 5.72. The topological polar surface area (TPSA) is 52.6 Å². The lowest BCUT2D eigenvalue weighted by Crippen LogP contribution is -2.10. The van der Waals surface area contributed by atoms with Gasteiger partial charge < -0.3 is 9.47 Å². The van der Waals surface area contributed by atoms with Crippen LogP contribution in [0.15, 0.2) is 0 Å². The molecule has 0 aromatic rings. The van der Waals surface area contributed by atoms with Crippen molar-refractivity contribution in [2.45, 2.75) is 59.3 Å². The van der Waals surface area contributed by atoms with Gasteiger partial charge in [-0.15, -0.1) is 0 Å². The van der Waals surface area contributed by atoms with Crippen molar-refractivity contribution in [1.29, 1.82) is 0 Å². The number of rotatable bonds is 10. The quantitative estimate of drug-likeness (QED) is 0.565. The Balaban J connectivity index is 3.44. The smallest absolute Gasteiger partial charge is 0.305 e. The fourth-order valence-electron chi connectivity index (χ4n) is 1.32. The zero-order chi connectivity index (χ0) is 13.8. The van der Waals surface area contributed by atoms with Crippen LogP contribution in [0.2, 0.25) is 0 Å². The predicted molar refractivity (Wildman–Crippen MR) is 70.1 cm³/mol. The molecule has 0 saturated carbocycles. The van der Waals surface area contributed by atoms with E-state index in [0.29, 0.717) is 38.4 Å². The Bertz CT molecular complexity index is 238. The summed E-state index contributed by atoms with van der Waals surface area (Å²) in [5, 5.41) is 0. The van der Waals surface area contributed by atoms with Crippen LogP contribution in [0.3, 0.4) is 0 Å². The van der Waals surface area contributed by atoms with Gasteiger partial charge in [0.15, 0.2) is 0 Å². The van der Waals surface area contributed by atoms with E-state index in [9.17, 15) is 9.59 Å². The van der Waals surface area contributed by atoms with Crippen molar-refractivity contribution in [1.82, 2.24) is 0 Å². The van der Waals surface area contributed by atoms with Crippen LogP contribution < -0.4 is 0 Å². The molecule has 0 bridgehead atoms. The number of carbonyl (C=O) groups excluding carboxylic acids is 2. The molecule has 18 heavy (non-hydrogen) atoms. The predicted octanol–water partition coefficient (Wildman–Crippen LogP) is 3.09. The van der Waals surface area contributed by atoms with E-state index in [1.54, 1.807) is 0 Å². The normalized spacial score (nSPS) is 11.9. The average molecular weight is 258 g/mol. The molecule has 0 fully saturated rings. The summed E-state index contributed by atoms with van der Waals surface area (Å²) < 4.78 is 10.00. The van der Waals surface area contributed by atoms with Crippen LogP contribution in [0.1, 0.15) is 59.3 Å². The van der Waals surface area contributed by atoms with Crippen LogP contribution in [0.5, 0.6) is 0 Å². The first kappa shape index (κ1) is 16.9. The van der Waals surface area contributed by atoms with Crippen LogP contribution in [-0.4, -0.2) is 25.2 Å². The van der Waals surface area contributed by atoms with Crippen molar-refractivity contribution >= 4 is 11.9 Å². The molecule has 0 aromatic heterocycles. The highest BCUT2D eigenvalue weighted by atomic mass is 16.5. The third kappa shape index (κ3) is 10.1. The highest BCUT2D eigenvalue weighted by Gasteiger charge is 2.07. The Hall–Kier alpha value is -1.06. The number of carbonyl (C=O) groups is 2. The lowest BCUT2D eigenvalue weighted by atomic mass is 10.1. The number of esters is 2. The molecule has 0 N–H and O–H groups in total. The first-order valence-electron chi connectivity index (χ1n) is 6.91. The summed E-state index contributed by atoms with van der Waals surface area (Å²) in [5.74, 6) is 0.132. The second-order valence-electron chi connectivity index (χ2n) is 4.60. The maximum atomic E-state index is 11.3. The van der Waals surface area contributed by atoms with E-state index in [1.807, 2.05) is 6.92 Å². The van der Waals surface area contributed by atoms with Crippen molar-refractivity contribution in [2.24, 2.45) is 5.92 Å². The molecule has 1 atom stereocenters. The Labute approximate surface area is 110 Å². The van der Waals surface area contributed by atoms with Gasteiger partial charge in [0.1, 0.15) is 0 Å². The monoisotopic (exact) mass is 258 g/mol. The maximum Gasteiger partial charge on any atom is 0.305 e. The number of hydrogen-bond acceptors (Lipinski definition) is 4. The zero-order valence-electron chi connectivity index (χ0n) is 11.9. The van der Waals surface area contributed by atoms with Gasteiger partial charge in [-0.05, 0) is 25.2 Å². The fraction of sp³-hybridized carbons (Fsp3) is 0.857. The first-order valence-corrected chi connectivity index (χ1v) is 6.91. The molecular formula is C14H26O4. The molecule has 0 aliphatic carbocycles. The van der Waals surface area contributed by atoms with Gasteiger partial charge in [0.05, 0.1) is 13.2 Å². The SMILES string of the molecule is CCCOC(=O)CCCC(=O)OCCC(C)CC. The van der Waals surface area contributed by atoms with Crippen LogP contribution in [-0.2, 0) is 19.1 Å². The van der Waals surface area contributed by atoms with Gasteiger partial charge in [-0.25, -0.2) is 0 Å². The van der Waals surface area contributed by atoms with Gasteiger partial charge in [-0.1, -0.05) is 27.2 Å². The largest absolute Gasteiger partial charge is 0.466 e. The van der Waals surface area contributed by atoms with Crippen molar-refractivity contribution in [3.63, 3.8) is 0 Å². The lowest BCUT2D eigenvalue weighted by molar-refractivity contribution is -0.145. The maximum absolute atomic E-state index is 11.3. The average Bonchev–Trinajstić information content (AvgIpc) is 2.36. The van der Waals surface area contributed by atoms with Gasteiger partial charge in [0.2, 0.25) is 0 Å². The van der Waals surface area contributed by atoms with Gasteiger partial charge >= 0.3 is 11.9 Å². The van der Waals surface area contributed by atoms with E-state index in [2.05, 4.69) is 13.8 Å². The standard InChI is InChI=1S/C14H26O4/c1-4-10-17-13(15)7-6-8-14(16)18-11-9-12(3)5-2/h12H,4-11H2,1-3H3. The van der Waals surface area contributed by atoms with Crippen LogP contribution in [0, 0.1) is 5.92 Å². The molecule has 1 unspecified atom stereocenters. The van der Waals surface area contributed by atoms with Crippen LogP contribution in [0.25, 0.3) is 0 Å². The van der Waals surface area contributed by atoms with E-state index in [0.717, 1.165) is 19.3 Å². The zero-order valence-corrected chi connectivity index (χ0v) is 11.9. The molecule has 4 heteroatoms. The fourth-order valence-corrected chi connectivity index (χ4v) is 1.32. The second kappa shape index (κ2) is 11.1. The molecule has 0 saturated heterocycles. The van der Waals surface area contributed by atoms with E-state index in [1.165, 1.54) is 0 Å². The van der Waals surface area contributed by atoms with E-state index >= 15 is 0 Å². The minimum Gasteiger partial charge on any atom is -0.466 e. The Morgan fingerprint density at radius 3 is 2.06 bits per heavy atom. The van der Waals surface area contributed by atoms with Gasteiger partial charge in [0, 0.05) is 12.8 Å². The van der Waals surface area contributed by atoms with Gasteiger partial charge in [0.25, 0.3) is 0 Å². The minimum absolute atomic E-state index is 0.221. The molecule has 0 aromatic carbocycles. The summed E-state index contributed by atoms with van der Waals surface area (Å²) in [6, 6.07) is 0. The molecule has 0 aliphatic heterocycles.